The Hall–Kier alpha value is -2.84. The van der Waals surface area contributed by atoms with Crippen molar-refractivity contribution >= 4 is 12.1 Å². The summed E-state index contributed by atoms with van der Waals surface area (Å²) in [4.78, 5) is 25.1. The second-order valence-corrected chi connectivity index (χ2v) is 4.92. The van der Waals surface area contributed by atoms with Crippen LogP contribution in [0.1, 0.15) is 5.56 Å². The summed E-state index contributed by atoms with van der Waals surface area (Å²) in [5, 5.41) is 15.9. The van der Waals surface area contributed by atoms with E-state index in [1.165, 1.54) is 4.90 Å². The average Bonchev–Trinajstić information content (AvgIpc) is 2.85. The minimum absolute atomic E-state index is 0.237. The maximum Gasteiger partial charge on any atom is 0.414 e. The van der Waals surface area contributed by atoms with E-state index in [1.54, 1.807) is 37.2 Å². The highest BCUT2D eigenvalue weighted by molar-refractivity contribution is 5.81. The maximum atomic E-state index is 11.5. The van der Waals surface area contributed by atoms with E-state index in [-0.39, 0.29) is 5.96 Å². The van der Waals surface area contributed by atoms with Crippen molar-refractivity contribution in [2.75, 3.05) is 27.2 Å². The van der Waals surface area contributed by atoms with Crippen LogP contribution in [0.5, 0.6) is 5.75 Å². The molecule has 1 aliphatic heterocycles. The van der Waals surface area contributed by atoms with Crippen LogP contribution in [-0.4, -0.2) is 54.1 Å². The fourth-order valence-electron chi connectivity index (χ4n) is 1.97. The summed E-state index contributed by atoms with van der Waals surface area (Å²) in [7, 11) is 3.20. The number of nitrogens with one attached hydrogen (secondary N) is 1. The third-order valence-corrected chi connectivity index (χ3v) is 2.98. The molecule has 1 aromatic carbocycles. The highest BCUT2D eigenvalue weighted by Gasteiger charge is 2.21. The van der Waals surface area contributed by atoms with Gasteiger partial charge in [-0.25, -0.2) is 14.9 Å². The van der Waals surface area contributed by atoms with Gasteiger partial charge in [-0.1, -0.05) is 12.1 Å². The molecule has 0 bridgehead atoms. The van der Waals surface area contributed by atoms with Crippen LogP contribution < -0.4 is 10.1 Å². The Kier molecular flexibility index (Phi) is 4.77. The van der Waals surface area contributed by atoms with Crippen LogP contribution in [0.25, 0.3) is 0 Å². The van der Waals surface area contributed by atoms with Gasteiger partial charge in [0, 0.05) is 33.7 Å². The van der Waals surface area contributed by atoms with E-state index < -0.39 is 11.1 Å². The van der Waals surface area contributed by atoms with Crippen molar-refractivity contribution in [3.8, 4) is 5.75 Å². The van der Waals surface area contributed by atoms with Crippen LogP contribution in [0.15, 0.2) is 29.4 Å². The molecule has 0 aromatic heterocycles. The van der Waals surface area contributed by atoms with Gasteiger partial charge in [-0.3, -0.25) is 0 Å². The number of nitrogens with zero attached hydrogens (tertiary/aromatic N) is 4. The Morgan fingerprint density at radius 3 is 3.00 bits per heavy atom. The number of hydrogen-bond acceptors (Lipinski definition) is 4. The number of carbonyl (C=O) groups is 1. The quantitative estimate of drug-likeness (QED) is 0.649. The van der Waals surface area contributed by atoms with Crippen LogP contribution in [0.3, 0.4) is 0 Å². The number of nitro groups is 1. The van der Waals surface area contributed by atoms with Gasteiger partial charge in [0.2, 0.25) is 0 Å². The number of amides is 1. The molecule has 0 radical (unpaired) electrons. The predicted molar refractivity (Wildman–Crippen MR) is 79.0 cm³/mol. The molecule has 1 fully saturated rings. The number of ether oxygens (including phenoxy) is 1. The zero-order valence-corrected chi connectivity index (χ0v) is 12.4. The predicted octanol–water partition coefficient (Wildman–Crippen LogP) is 0.700. The first kappa shape index (κ1) is 15.5. The Morgan fingerprint density at radius 1 is 1.55 bits per heavy atom. The SMILES string of the molecule is CN(C)C(=O)Oc1cccc(CN2CCN/C2=N\[N+](=O)[O-])c1. The van der Waals surface area contributed by atoms with Crippen LogP contribution >= 0.6 is 0 Å². The molecule has 2 rings (SSSR count). The lowest BCUT2D eigenvalue weighted by Crippen LogP contribution is -2.30. The maximum absolute atomic E-state index is 11.5. The molecule has 0 saturated carbocycles. The summed E-state index contributed by atoms with van der Waals surface area (Å²) >= 11 is 0. The Morgan fingerprint density at radius 2 is 2.32 bits per heavy atom. The van der Waals surface area contributed by atoms with Crippen molar-refractivity contribution in [3.63, 3.8) is 0 Å². The third kappa shape index (κ3) is 4.08. The van der Waals surface area contributed by atoms with Crippen molar-refractivity contribution in [2.45, 2.75) is 6.54 Å². The molecule has 1 heterocycles. The van der Waals surface area contributed by atoms with Gasteiger partial charge in [0.1, 0.15) is 10.9 Å². The highest BCUT2D eigenvalue weighted by Crippen LogP contribution is 2.16. The monoisotopic (exact) mass is 307 g/mol. The molecule has 1 saturated heterocycles. The summed E-state index contributed by atoms with van der Waals surface area (Å²) in [6.07, 6.45) is -0.462. The Balaban J connectivity index is 2.07. The molecule has 9 nitrogen and oxygen atoms in total. The summed E-state index contributed by atoms with van der Waals surface area (Å²) in [5.74, 6) is 0.664. The standard InChI is InChI=1S/C13H17N5O4/c1-16(2)13(19)22-11-5-3-4-10(8-11)9-17-7-6-14-12(17)15-18(20)21/h3-5,8H,6-7,9H2,1-2H3,(H,14,15). The Bertz CT molecular complexity index is 602. The minimum Gasteiger partial charge on any atom is -0.410 e. The number of hydrazone groups is 1. The topological polar surface area (TPSA) is 100 Å². The smallest absolute Gasteiger partial charge is 0.410 e. The summed E-state index contributed by atoms with van der Waals surface area (Å²) in [6, 6.07) is 7.03. The lowest BCUT2D eigenvalue weighted by atomic mass is 10.2. The van der Waals surface area contributed by atoms with Crippen molar-refractivity contribution < 1.29 is 14.6 Å². The van der Waals surface area contributed by atoms with Crippen molar-refractivity contribution in [3.05, 3.63) is 39.9 Å². The van der Waals surface area contributed by atoms with Crippen molar-refractivity contribution in [1.29, 1.82) is 0 Å². The van der Waals surface area contributed by atoms with Gasteiger partial charge < -0.3 is 19.9 Å². The molecule has 22 heavy (non-hydrogen) atoms. The van der Waals surface area contributed by atoms with E-state index in [0.717, 1.165) is 5.56 Å². The van der Waals surface area contributed by atoms with Crippen molar-refractivity contribution in [2.24, 2.45) is 5.10 Å². The molecule has 9 heteroatoms. The molecule has 1 amide bonds. The van der Waals surface area contributed by atoms with Gasteiger partial charge in [0.05, 0.1) is 0 Å². The summed E-state index contributed by atoms with van der Waals surface area (Å²) in [5.41, 5.74) is 0.865. The molecule has 1 aromatic rings. The largest absolute Gasteiger partial charge is 0.414 e. The number of hydrogen-bond donors (Lipinski definition) is 1. The van der Waals surface area contributed by atoms with Gasteiger partial charge in [-0.2, -0.15) is 0 Å². The van der Waals surface area contributed by atoms with Gasteiger partial charge in [-0.05, 0) is 17.7 Å². The van der Waals surface area contributed by atoms with E-state index >= 15 is 0 Å². The van der Waals surface area contributed by atoms with E-state index in [2.05, 4.69) is 10.4 Å². The number of guanidine groups is 1. The second-order valence-electron chi connectivity index (χ2n) is 4.92. The normalized spacial score (nSPS) is 15.5. The van der Waals surface area contributed by atoms with E-state index in [1.807, 2.05) is 6.07 Å². The van der Waals surface area contributed by atoms with E-state index in [9.17, 15) is 14.9 Å². The number of rotatable bonds is 4. The van der Waals surface area contributed by atoms with Crippen LogP contribution in [0, 0.1) is 10.1 Å². The lowest BCUT2D eigenvalue weighted by Gasteiger charge is -2.16. The average molecular weight is 307 g/mol. The zero-order valence-electron chi connectivity index (χ0n) is 12.4. The fraction of sp³-hybridized carbons (Fsp3) is 0.385. The molecule has 118 valence electrons. The van der Waals surface area contributed by atoms with Crippen LogP contribution in [0.4, 0.5) is 4.79 Å². The van der Waals surface area contributed by atoms with Crippen molar-refractivity contribution in [1.82, 2.24) is 15.1 Å². The second kappa shape index (κ2) is 6.74. The van der Waals surface area contributed by atoms with Crippen LogP contribution in [-0.2, 0) is 6.54 Å². The molecule has 0 unspecified atom stereocenters. The number of benzene rings is 1. The lowest BCUT2D eigenvalue weighted by molar-refractivity contribution is -0.485. The fourth-order valence-corrected chi connectivity index (χ4v) is 1.97. The van der Waals surface area contributed by atoms with Gasteiger partial charge in [0.15, 0.2) is 5.03 Å². The Labute approximate surface area is 127 Å². The summed E-state index contributed by atoms with van der Waals surface area (Å²) < 4.78 is 5.19. The third-order valence-electron chi connectivity index (χ3n) is 2.98. The molecule has 0 spiro atoms. The number of carbonyl (C=O) groups excluding carboxylic acids is 1. The minimum atomic E-state index is -0.726. The molecular formula is C13H17N5O4. The molecular weight excluding hydrogens is 290 g/mol. The van der Waals surface area contributed by atoms with E-state index in [4.69, 9.17) is 4.74 Å². The molecule has 0 aliphatic carbocycles. The first-order chi connectivity index (χ1) is 10.5. The summed E-state index contributed by atoms with van der Waals surface area (Å²) in [6.45, 7) is 1.66. The highest BCUT2D eigenvalue weighted by atomic mass is 16.7. The van der Waals surface area contributed by atoms with Gasteiger partial charge >= 0.3 is 6.09 Å². The molecule has 1 N–H and O–H groups in total. The first-order valence-electron chi connectivity index (χ1n) is 6.65. The van der Waals surface area contributed by atoms with Gasteiger partial charge in [0.25, 0.3) is 5.96 Å². The first-order valence-corrected chi connectivity index (χ1v) is 6.65. The zero-order chi connectivity index (χ0) is 16.1. The molecule has 1 aliphatic rings. The van der Waals surface area contributed by atoms with Gasteiger partial charge in [-0.15, -0.1) is 0 Å². The molecule has 0 atom stereocenters. The van der Waals surface area contributed by atoms with E-state index in [0.29, 0.717) is 25.4 Å². The van der Waals surface area contributed by atoms with Crippen LogP contribution in [0.2, 0.25) is 0 Å².